The van der Waals surface area contributed by atoms with E-state index in [1.165, 1.54) is 5.69 Å². The normalized spacial score (nSPS) is 17.6. The predicted octanol–water partition coefficient (Wildman–Crippen LogP) is 3.99. The number of anilines is 4. The highest BCUT2D eigenvalue weighted by Crippen LogP contribution is 2.34. The van der Waals surface area contributed by atoms with Crippen molar-refractivity contribution < 1.29 is 4.74 Å². The SMILES string of the molecule is CNc1nc(N(c2ccc(N3CCOCC3)cc2)C2CCN(C)CC2)nc2c1ncn2-c1ccsc1. The molecular formula is C26H32N8OS. The molecule has 2 fully saturated rings. The minimum atomic E-state index is 0.315. The fraction of sp³-hybridized carbons (Fsp3) is 0.423. The third kappa shape index (κ3) is 4.40. The van der Waals surface area contributed by atoms with Crippen molar-refractivity contribution in [3.63, 3.8) is 0 Å². The summed E-state index contributed by atoms with van der Waals surface area (Å²) in [5.74, 6) is 1.45. The van der Waals surface area contributed by atoms with Crippen molar-refractivity contribution in [2.45, 2.75) is 18.9 Å². The number of nitrogens with one attached hydrogen (secondary N) is 1. The van der Waals surface area contributed by atoms with Crippen molar-refractivity contribution in [1.82, 2.24) is 24.4 Å². The summed E-state index contributed by atoms with van der Waals surface area (Å²) in [7, 11) is 4.09. The Hall–Kier alpha value is -3.21. The summed E-state index contributed by atoms with van der Waals surface area (Å²) in [5.41, 5.74) is 5.00. The molecule has 1 N–H and O–H groups in total. The van der Waals surface area contributed by atoms with E-state index in [0.29, 0.717) is 12.0 Å². The Balaban J connectivity index is 1.43. The van der Waals surface area contributed by atoms with E-state index >= 15 is 0 Å². The Bertz CT molecular complexity index is 1290. The molecule has 5 heterocycles. The topological polar surface area (TPSA) is 74.6 Å². The number of morpholine rings is 1. The fourth-order valence-electron chi connectivity index (χ4n) is 5.14. The van der Waals surface area contributed by atoms with Gasteiger partial charge in [0.25, 0.3) is 0 Å². The van der Waals surface area contributed by atoms with Crippen LogP contribution in [0.3, 0.4) is 0 Å². The monoisotopic (exact) mass is 504 g/mol. The van der Waals surface area contributed by atoms with Crippen molar-refractivity contribution >= 4 is 45.6 Å². The van der Waals surface area contributed by atoms with Gasteiger partial charge in [-0.3, -0.25) is 4.57 Å². The van der Waals surface area contributed by atoms with E-state index in [0.717, 1.165) is 80.6 Å². The van der Waals surface area contributed by atoms with Crippen LogP contribution in [0.1, 0.15) is 12.8 Å². The minimum Gasteiger partial charge on any atom is -0.378 e. The molecule has 0 aliphatic carbocycles. The highest BCUT2D eigenvalue weighted by Gasteiger charge is 2.28. The molecule has 0 spiro atoms. The Morgan fingerprint density at radius 1 is 1.00 bits per heavy atom. The molecule has 2 saturated heterocycles. The van der Waals surface area contributed by atoms with Gasteiger partial charge in [-0.15, -0.1) is 0 Å². The van der Waals surface area contributed by atoms with E-state index in [4.69, 9.17) is 14.7 Å². The first-order valence-corrected chi connectivity index (χ1v) is 13.5. The quantitative estimate of drug-likeness (QED) is 0.423. The molecule has 2 aliphatic heterocycles. The molecule has 188 valence electrons. The van der Waals surface area contributed by atoms with Gasteiger partial charge in [0, 0.05) is 42.9 Å². The van der Waals surface area contributed by atoms with Crippen molar-refractivity contribution in [2.75, 3.05) is 68.6 Å². The molecule has 0 radical (unpaired) electrons. The third-order valence-corrected chi connectivity index (χ3v) is 7.85. The van der Waals surface area contributed by atoms with Gasteiger partial charge in [-0.05, 0) is 68.7 Å². The van der Waals surface area contributed by atoms with Crippen LogP contribution in [-0.4, -0.2) is 83.9 Å². The van der Waals surface area contributed by atoms with Gasteiger partial charge in [0.15, 0.2) is 17.0 Å². The van der Waals surface area contributed by atoms with Crippen molar-refractivity contribution in [3.8, 4) is 5.69 Å². The lowest BCUT2D eigenvalue weighted by Gasteiger charge is -2.37. The van der Waals surface area contributed by atoms with Gasteiger partial charge >= 0.3 is 0 Å². The van der Waals surface area contributed by atoms with Crippen LogP contribution in [0.4, 0.5) is 23.1 Å². The molecule has 0 saturated carbocycles. The van der Waals surface area contributed by atoms with Crippen molar-refractivity contribution in [2.24, 2.45) is 0 Å². The molecular weight excluding hydrogens is 472 g/mol. The molecule has 2 aliphatic rings. The molecule has 0 bridgehead atoms. The van der Waals surface area contributed by atoms with E-state index < -0.39 is 0 Å². The van der Waals surface area contributed by atoms with E-state index in [1.807, 2.05) is 17.9 Å². The van der Waals surface area contributed by atoms with Crippen LogP contribution in [-0.2, 0) is 4.74 Å². The lowest BCUT2D eigenvalue weighted by atomic mass is 10.0. The molecule has 0 unspecified atom stereocenters. The smallest absolute Gasteiger partial charge is 0.234 e. The van der Waals surface area contributed by atoms with Gasteiger partial charge in [0.1, 0.15) is 6.33 Å². The number of hydrogen-bond acceptors (Lipinski definition) is 9. The number of benzene rings is 1. The molecule has 0 amide bonds. The van der Waals surface area contributed by atoms with E-state index in [9.17, 15) is 0 Å². The number of hydrogen-bond donors (Lipinski definition) is 1. The van der Waals surface area contributed by atoms with Gasteiger partial charge < -0.3 is 24.8 Å². The summed E-state index contributed by atoms with van der Waals surface area (Å²) in [4.78, 5) is 21.9. The number of nitrogens with zero attached hydrogens (tertiary/aromatic N) is 7. The minimum absolute atomic E-state index is 0.315. The Kier molecular flexibility index (Phi) is 6.47. The number of likely N-dealkylation sites (tertiary alicyclic amines) is 1. The highest BCUT2D eigenvalue weighted by atomic mass is 32.1. The van der Waals surface area contributed by atoms with Crippen LogP contribution < -0.4 is 15.1 Å². The van der Waals surface area contributed by atoms with Crippen LogP contribution in [0.2, 0.25) is 0 Å². The van der Waals surface area contributed by atoms with E-state index in [-0.39, 0.29) is 0 Å². The van der Waals surface area contributed by atoms with E-state index in [1.54, 1.807) is 11.3 Å². The average Bonchev–Trinajstić information content (AvgIpc) is 3.61. The molecule has 0 atom stereocenters. The summed E-state index contributed by atoms with van der Waals surface area (Å²) >= 11 is 1.67. The van der Waals surface area contributed by atoms with Crippen LogP contribution in [0.25, 0.3) is 16.9 Å². The van der Waals surface area contributed by atoms with Gasteiger partial charge in [-0.25, -0.2) is 4.98 Å². The van der Waals surface area contributed by atoms with Gasteiger partial charge in [0.05, 0.1) is 18.9 Å². The Morgan fingerprint density at radius 3 is 2.47 bits per heavy atom. The second kappa shape index (κ2) is 10.0. The van der Waals surface area contributed by atoms with Crippen molar-refractivity contribution in [1.29, 1.82) is 0 Å². The number of ether oxygens (including phenoxy) is 1. The highest BCUT2D eigenvalue weighted by molar-refractivity contribution is 7.08. The summed E-state index contributed by atoms with van der Waals surface area (Å²) in [6.07, 6.45) is 3.95. The second-order valence-electron chi connectivity index (χ2n) is 9.41. The summed E-state index contributed by atoms with van der Waals surface area (Å²) in [5, 5.41) is 7.44. The third-order valence-electron chi connectivity index (χ3n) is 7.18. The second-order valence-corrected chi connectivity index (χ2v) is 10.2. The van der Waals surface area contributed by atoms with Crippen LogP contribution in [0.5, 0.6) is 0 Å². The molecule has 10 heteroatoms. The summed E-state index contributed by atoms with van der Waals surface area (Å²) in [6, 6.07) is 11.3. The molecule has 36 heavy (non-hydrogen) atoms. The Morgan fingerprint density at radius 2 is 1.78 bits per heavy atom. The Labute approximate surface area is 215 Å². The first-order valence-electron chi connectivity index (χ1n) is 12.6. The zero-order chi connectivity index (χ0) is 24.5. The number of imidazole rings is 1. The van der Waals surface area contributed by atoms with Gasteiger partial charge in [0.2, 0.25) is 5.95 Å². The molecule has 9 nitrogen and oxygen atoms in total. The molecule has 1 aromatic carbocycles. The number of piperidine rings is 1. The number of rotatable bonds is 6. The molecule has 6 rings (SSSR count). The first-order chi connectivity index (χ1) is 17.7. The maximum atomic E-state index is 5.53. The molecule has 4 aromatic rings. The first kappa shape index (κ1) is 23.2. The van der Waals surface area contributed by atoms with Gasteiger partial charge in [-0.1, -0.05) is 0 Å². The predicted molar refractivity (Wildman–Crippen MR) is 146 cm³/mol. The lowest BCUT2D eigenvalue weighted by molar-refractivity contribution is 0.122. The lowest BCUT2D eigenvalue weighted by Crippen LogP contribution is -2.42. The average molecular weight is 505 g/mol. The largest absolute Gasteiger partial charge is 0.378 e. The van der Waals surface area contributed by atoms with Crippen LogP contribution >= 0.6 is 11.3 Å². The number of thiophene rings is 1. The maximum absolute atomic E-state index is 5.53. The van der Waals surface area contributed by atoms with Crippen molar-refractivity contribution in [3.05, 3.63) is 47.4 Å². The zero-order valence-electron chi connectivity index (χ0n) is 20.8. The standard InChI is InChI=1S/C26H32N8OS/c1-27-24-23-25(33(18-28-23)22-9-16-36-17-22)30-26(29-24)34(21-7-10-31(2)11-8-21)20-5-3-19(4-6-20)32-12-14-35-15-13-32/h3-6,9,16-18,21H,7-8,10-15H2,1-2H3,(H,27,29,30). The summed E-state index contributed by atoms with van der Waals surface area (Å²) < 4.78 is 7.58. The van der Waals surface area contributed by atoms with Gasteiger partial charge in [-0.2, -0.15) is 21.3 Å². The maximum Gasteiger partial charge on any atom is 0.234 e. The molecule has 3 aromatic heterocycles. The fourth-order valence-corrected chi connectivity index (χ4v) is 5.77. The van der Waals surface area contributed by atoms with E-state index in [2.05, 4.69) is 73.1 Å². The van der Waals surface area contributed by atoms with Crippen LogP contribution in [0, 0.1) is 0 Å². The summed E-state index contributed by atoms with van der Waals surface area (Å²) in [6.45, 7) is 5.53. The van der Waals surface area contributed by atoms with Crippen LogP contribution in [0.15, 0.2) is 47.4 Å². The number of aromatic nitrogens is 4. The zero-order valence-corrected chi connectivity index (χ0v) is 21.6. The number of fused-ring (bicyclic) bond motifs is 1.